The number of aryl methyl sites for hydroxylation is 1. The van der Waals surface area contributed by atoms with Crippen molar-refractivity contribution in [1.29, 1.82) is 0 Å². The average molecular weight is 615 g/mol. The van der Waals surface area contributed by atoms with Crippen molar-refractivity contribution in [3.8, 4) is 11.1 Å². The van der Waals surface area contributed by atoms with Crippen LogP contribution in [-0.4, -0.2) is 35.5 Å². The van der Waals surface area contributed by atoms with Gasteiger partial charge in [0, 0.05) is 28.9 Å². The summed E-state index contributed by atoms with van der Waals surface area (Å²) >= 11 is 12.7. The van der Waals surface area contributed by atoms with Crippen LogP contribution < -0.4 is 5.32 Å². The van der Waals surface area contributed by atoms with Gasteiger partial charge in [0.25, 0.3) is 0 Å². The third-order valence-electron chi connectivity index (χ3n) is 7.34. The second-order valence-electron chi connectivity index (χ2n) is 10.0. The minimum atomic E-state index is -1.07. The highest BCUT2D eigenvalue weighted by atomic mass is 35.5. The number of nitrogens with zero attached hydrogens (tertiary/aromatic N) is 6. The van der Waals surface area contributed by atoms with Gasteiger partial charge in [-0.2, -0.15) is 4.52 Å². The Kier molecular flexibility index (Phi) is 9.08. The zero-order chi connectivity index (χ0) is 30.6. The van der Waals surface area contributed by atoms with Gasteiger partial charge in [-0.1, -0.05) is 80.7 Å². The molecular weight excluding hydrogens is 581 g/mol. The number of hydrogen-bond acceptors (Lipinski definition) is 5. The molecule has 3 heterocycles. The number of amides is 1. The van der Waals surface area contributed by atoms with E-state index in [0.29, 0.717) is 15.7 Å². The quantitative estimate of drug-likeness (QED) is 0.190. The third-order valence-corrected chi connectivity index (χ3v) is 7.83. The molecule has 1 atom stereocenters. The molecule has 0 aliphatic heterocycles. The minimum absolute atomic E-state index is 0.186. The summed E-state index contributed by atoms with van der Waals surface area (Å²) < 4.78 is 3.82. The number of imidazole rings is 1. The largest absolute Gasteiger partial charge is 0.337 e. The van der Waals surface area contributed by atoms with E-state index in [2.05, 4.69) is 43.4 Å². The first-order valence-corrected chi connectivity index (χ1v) is 15.1. The summed E-state index contributed by atoms with van der Waals surface area (Å²) in [5.41, 5.74) is 4.74. The highest BCUT2D eigenvalue weighted by Gasteiger charge is 2.40. The van der Waals surface area contributed by atoms with Crippen molar-refractivity contribution in [2.24, 2.45) is 0 Å². The zero-order valence-corrected chi connectivity index (χ0v) is 26.1. The van der Waals surface area contributed by atoms with Crippen LogP contribution in [0.5, 0.6) is 0 Å². The molecule has 3 aromatic heterocycles. The maximum atomic E-state index is 13.0. The molecule has 3 aromatic carbocycles. The summed E-state index contributed by atoms with van der Waals surface area (Å²) in [5.74, 6) is -0.186. The van der Waals surface area contributed by atoms with Crippen LogP contribution in [0.4, 0.5) is 0 Å². The van der Waals surface area contributed by atoms with Crippen LogP contribution in [-0.2, 0) is 16.9 Å². The number of pyridine rings is 1. The fourth-order valence-corrected chi connectivity index (χ4v) is 5.82. The molecule has 8 nitrogen and oxygen atoms in total. The van der Waals surface area contributed by atoms with Gasteiger partial charge in [0.15, 0.2) is 5.65 Å². The molecule has 0 aliphatic carbocycles. The third kappa shape index (κ3) is 5.72. The van der Waals surface area contributed by atoms with E-state index in [-0.39, 0.29) is 5.91 Å². The van der Waals surface area contributed by atoms with E-state index in [1.165, 1.54) is 6.92 Å². The van der Waals surface area contributed by atoms with Crippen LogP contribution in [0, 0.1) is 0 Å². The molecule has 0 saturated heterocycles. The summed E-state index contributed by atoms with van der Waals surface area (Å²) in [6.45, 7) is 8.44. The summed E-state index contributed by atoms with van der Waals surface area (Å²) in [6.07, 6.45) is 5.63. The van der Waals surface area contributed by atoms with Gasteiger partial charge in [-0.25, -0.2) is 4.98 Å². The second-order valence-corrected chi connectivity index (χ2v) is 10.9. The molecule has 0 fully saturated rings. The van der Waals surface area contributed by atoms with Gasteiger partial charge < -0.3 is 9.88 Å². The number of benzene rings is 3. The van der Waals surface area contributed by atoms with E-state index in [1.807, 2.05) is 93.1 Å². The lowest BCUT2D eigenvalue weighted by molar-refractivity contribution is -0.120. The Hall–Kier alpha value is -4.27. The van der Waals surface area contributed by atoms with Crippen molar-refractivity contribution < 1.29 is 4.79 Å². The number of unbranched alkanes of at least 4 members (excludes halogenated alkanes) is 1. The minimum Gasteiger partial charge on any atom is -0.337 e. The molecule has 1 N–H and O–H groups in total. The van der Waals surface area contributed by atoms with Crippen LogP contribution >= 0.6 is 23.2 Å². The Morgan fingerprint density at radius 1 is 0.953 bits per heavy atom. The number of carbonyl (C=O) groups is 1. The summed E-state index contributed by atoms with van der Waals surface area (Å²) in [6, 6.07) is 23.3. The van der Waals surface area contributed by atoms with Gasteiger partial charge in [-0.05, 0) is 81.6 Å². The first-order valence-electron chi connectivity index (χ1n) is 14.4. The standard InChI is InChI=1S/C31H27Cl2N7O.C2H6/c1-3-4-14-39-19-34-18-29(39)31(35-20(2)41,22-8-11-24(32)12-9-22)23-10-13-28-27(16-23)26(17-30-36-37-38-40(28)30)21-6-5-7-25(33)15-21;1-2/h5-13,15-19H,3-4,14H2,1-2H3,(H,35,41);1-2H3. The zero-order valence-electron chi connectivity index (χ0n) is 24.6. The van der Waals surface area contributed by atoms with Crippen molar-refractivity contribution in [1.82, 2.24) is 34.9 Å². The normalized spacial score (nSPS) is 12.5. The molecule has 1 amide bonds. The maximum Gasteiger partial charge on any atom is 0.218 e. The molecule has 220 valence electrons. The highest BCUT2D eigenvalue weighted by Crippen LogP contribution is 2.40. The number of nitrogens with one attached hydrogen (secondary N) is 1. The topological polar surface area (TPSA) is 90.0 Å². The number of fused-ring (bicyclic) bond motifs is 3. The molecular formula is C33H33Cl2N7O. The van der Waals surface area contributed by atoms with Crippen LogP contribution in [0.2, 0.25) is 10.0 Å². The molecule has 0 spiro atoms. The van der Waals surface area contributed by atoms with E-state index in [4.69, 9.17) is 23.2 Å². The monoisotopic (exact) mass is 613 g/mol. The lowest BCUT2D eigenvalue weighted by Gasteiger charge is -2.37. The first kappa shape index (κ1) is 30.2. The molecule has 0 aliphatic rings. The first-order chi connectivity index (χ1) is 20.9. The van der Waals surface area contributed by atoms with Crippen LogP contribution in [0.1, 0.15) is 57.4 Å². The van der Waals surface area contributed by atoms with Gasteiger partial charge in [0.2, 0.25) is 5.91 Å². The van der Waals surface area contributed by atoms with Crippen molar-refractivity contribution in [3.63, 3.8) is 0 Å². The number of tetrazole rings is 1. The van der Waals surface area contributed by atoms with Crippen molar-refractivity contribution in [3.05, 3.63) is 112 Å². The summed E-state index contributed by atoms with van der Waals surface area (Å²) in [5, 5.41) is 17.8. The molecule has 6 rings (SSSR count). The molecule has 6 aromatic rings. The number of hydrogen-bond donors (Lipinski definition) is 1. The van der Waals surface area contributed by atoms with E-state index in [1.54, 1.807) is 4.52 Å². The number of carbonyl (C=O) groups excluding carboxylic acids is 1. The lowest BCUT2D eigenvalue weighted by Crippen LogP contribution is -2.48. The predicted octanol–water partition coefficient (Wildman–Crippen LogP) is 7.70. The van der Waals surface area contributed by atoms with E-state index < -0.39 is 5.54 Å². The summed E-state index contributed by atoms with van der Waals surface area (Å²) in [7, 11) is 0. The Bertz CT molecular complexity index is 1880. The van der Waals surface area contributed by atoms with Gasteiger partial charge in [-0.3, -0.25) is 4.79 Å². The molecule has 0 radical (unpaired) electrons. The average Bonchev–Trinajstić information content (AvgIpc) is 3.69. The van der Waals surface area contributed by atoms with E-state index in [9.17, 15) is 4.79 Å². The van der Waals surface area contributed by atoms with Crippen LogP contribution in [0.3, 0.4) is 0 Å². The Labute approximate surface area is 260 Å². The maximum absolute atomic E-state index is 13.0. The number of rotatable bonds is 8. The van der Waals surface area contributed by atoms with Crippen LogP contribution in [0.15, 0.2) is 85.3 Å². The Morgan fingerprint density at radius 3 is 2.44 bits per heavy atom. The van der Waals surface area contributed by atoms with Crippen molar-refractivity contribution >= 4 is 45.7 Å². The molecule has 43 heavy (non-hydrogen) atoms. The van der Waals surface area contributed by atoms with Gasteiger partial charge in [0.1, 0.15) is 5.54 Å². The predicted molar refractivity (Wildman–Crippen MR) is 172 cm³/mol. The number of halogens is 2. The lowest BCUT2D eigenvalue weighted by atomic mass is 9.79. The second kappa shape index (κ2) is 12.9. The van der Waals surface area contributed by atoms with Gasteiger partial charge in [-0.15, -0.1) is 5.10 Å². The van der Waals surface area contributed by atoms with E-state index in [0.717, 1.165) is 58.2 Å². The van der Waals surface area contributed by atoms with Gasteiger partial charge >= 0.3 is 0 Å². The fourth-order valence-electron chi connectivity index (χ4n) is 5.50. The molecule has 0 bridgehead atoms. The van der Waals surface area contributed by atoms with Gasteiger partial charge in [0.05, 0.1) is 23.7 Å². The molecule has 0 saturated carbocycles. The Morgan fingerprint density at radius 2 is 1.72 bits per heavy atom. The summed E-state index contributed by atoms with van der Waals surface area (Å²) in [4.78, 5) is 17.5. The molecule has 1 unspecified atom stereocenters. The number of aromatic nitrogens is 6. The Balaban J connectivity index is 0.00000180. The van der Waals surface area contributed by atoms with Crippen molar-refractivity contribution in [2.45, 2.75) is 52.6 Å². The smallest absolute Gasteiger partial charge is 0.218 e. The van der Waals surface area contributed by atoms with Crippen LogP contribution in [0.25, 0.3) is 27.7 Å². The van der Waals surface area contributed by atoms with Crippen molar-refractivity contribution in [2.75, 3.05) is 0 Å². The van der Waals surface area contributed by atoms with E-state index >= 15 is 0 Å². The highest BCUT2D eigenvalue weighted by molar-refractivity contribution is 6.31. The molecule has 10 heteroatoms. The fraction of sp³-hybridized carbons (Fsp3) is 0.242. The SMILES string of the molecule is CC.CCCCn1cncc1C(NC(C)=O)(c1ccc(Cl)cc1)c1ccc2c(c1)c(-c1cccc(Cl)c1)cc1nnnn12.